The number of carbonyl (C=O) groups is 1. The van der Waals surface area contributed by atoms with E-state index >= 15 is 0 Å². The average Bonchev–Trinajstić information content (AvgIpc) is 2.49. The zero-order valence-electron chi connectivity index (χ0n) is 13.8. The minimum absolute atomic E-state index is 0. The van der Waals surface area contributed by atoms with Crippen molar-refractivity contribution in [3.8, 4) is 0 Å². The molecule has 0 saturated carbocycles. The standard InChI is InChI=1S/C15H21F3N4O.HI/c1-19-14(20-8-7-13(23)22(2)3)21-10-11-5-4-6-12(9-11)15(16,17)18;/h4-6,9H,7-8,10H2,1-3H3,(H2,19,20,21);1H. The highest BCUT2D eigenvalue weighted by molar-refractivity contribution is 14.0. The Hall–Kier alpha value is -1.52. The Morgan fingerprint density at radius 1 is 1.25 bits per heavy atom. The SMILES string of the molecule is CN=C(NCCC(=O)N(C)C)NCc1cccc(C(F)(F)F)c1.I. The number of amides is 1. The van der Waals surface area contributed by atoms with Gasteiger partial charge in [0.25, 0.3) is 0 Å². The molecule has 0 aliphatic rings. The summed E-state index contributed by atoms with van der Waals surface area (Å²) in [5.74, 6) is 0.403. The van der Waals surface area contributed by atoms with Crippen LogP contribution in [-0.2, 0) is 17.5 Å². The largest absolute Gasteiger partial charge is 0.416 e. The van der Waals surface area contributed by atoms with E-state index < -0.39 is 11.7 Å². The van der Waals surface area contributed by atoms with Crippen molar-refractivity contribution >= 4 is 35.8 Å². The molecule has 0 heterocycles. The van der Waals surface area contributed by atoms with Gasteiger partial charge in [-0.3, -0.25) is 9.79 Å². The number of nitrogens with one attached hydrogen (secondary N) is 2. The van der Waals surface area contributed by atoms with Crippen LogP contribution < -0.4 is 10.6 Å². The maximum atomic E-state index is 12.6. The van der Waals surface area contributed by atoms with E-state index in [1.165, 1.54) is 11.0 Å². The maximum absolute atomic E-state index is 12.6. The number of hydrogen-bond acceptors (Lipinski definition) is 2. The monoisotopic (exact) mass is 458 g/mol. The second-order valence-electron chi connectivity index (χ2n) is 5.09. The molecule has 2 N–H and O–H groups in total. The van der Waals surface area contributed by atoms with Gasteiger partial charge >= 0.3 is 6.18 Å². The predicted molar refractivity (Wildman–Crippen MR) is 98.4 cm³/mol. The molecule has 1 aromatic carbocycles. The Bertz CT molecular complexity index is 562. The van der Waals surface area contributed by atoms with Crippen LogP contribution in [0.4, 0.5) is 13.2 Å². The number of rotatable bonds is 5. The lowest BCUT2D eigenvalue weighted by molar-refractivity contribution is -0.137. The van der Waals surface area contributed by atoms with Gasteiger partial charge in [0, 0.05) is 40.7 Å². The summed E-state index contributed by atoms with van der Waals surface area (Å²) in [6.45, 7) is 0.588. The summed E-state index contributed by atoms with van der Waals surface area (Å²) in [4.78, 5) is 16.9. The van der Waals surface area contributed by atoms with Crippen molar-refractivity contribution in [1.82, 2.24) is 15.5 Å². The Kier molecular flexibility index (Phi) is 9.71. The van der Waals surface area contributed by atoms with E-state index in [0.717, 1.165) is 12.1 Å². The molecular weight excluding hydrogens is 436 g/mol. The van der Waals surface area contributed by atoms with Crippen LogP contribution >= 0.6 is 24.0 Å². The molecule has 0 unspecified atom stereocenters. The minimum Gasteiger partial charge on any atom is -0.356 e. The van der Waals surface area contributed by atoms with Crippen LogP contribution in [0.25, 0.3) is 0 Å². The lowest BCUT2D eigenvalue weighted by Gasteiger charge is -2.14. The fraction of sp³-hybridized carbons (Fsp3) is 0.467. The number of alkyl halides is 3. The first-order valence-corrected chi connectivity index (χ1v) is 7.05. The summed E-state index contributed by atoms with van der Waals surface area (Å²) >= 11 is 0. The molecule has 0 bridgehead atoms. The van der Waals surface area contributed by atoms with Crippen molar-refractivity contribution in [2.24, 2.45) is 4.99 Å². The van der Waals surface area contributed by atoms with Gasteiger partial charge in [-0.1, -0.05) is 12.1 Å². The van der Waals surface area contributed by atoms with Gasteiger partial charge in [-0.15, -0.1) is 24.0 Å². The van der Waals surface area contributed by atoms with Crippen molar-refractivity contribution in [3.05, 3.63) is 35.4 Å². The van der Waals surface area contributed by atoms with Crippen LogP contribution in [0.5, 0.6) is 0 Å². The topological polar surface area (TPSA) is 56.7 Å². The molecule has 0 radical (unpaired) electrons. The molecular formula is C15H22F3IN4O. The highest BCUT2D eigenvalue weighted by Crippen LogP contribution is 2.29. The predicted octanol–water partition coefficient (Wildman–Crippen LogP) is 2.47. The molecule has 1 rings (SSSR count). The molecule has 9 heteroatoms. The second-order valence-corrected chi connectivity index (χ2v) is 5.09. The third kappa shape index (κ3) is 7.84. The summed E-state index contributed by atoms with van der Waals surface area (Å²) in [7, 11) is 4.89. The summed E-state index contributed by atoms with van der Waals surface area (Å²) in [6.07, 6.45) is -4.06. The number of carbonyl (C=O) groups excluding carboxylic acids is 1. The fourth-order valence-electron chi connectivity index (χ4n) is 1.78. The van der Waals surface area contributed by atoms with Gasteiger partial charge < -0.3 is 15.5 Å². The molecule has 0 spiro atoms. The van der Waals surface area contributed by atoms with Gasteiger partial charge in [0.15, 0.2) is 5.96 Å². The van der Waals surface area contributed by atoms with Crippen LogP contribution in [-0.4, -0.2) is 44.5 Å². The van der Waals surface area contributed by atoms with E-state index in [-0.39, 0.29) is 36.4 Å². The third-order valence-electron chi connectivity index (χ3n) is 3.07. The van der Waals surface area contributed by atoms with Crippen LogP contribution in [0, 0.1) is 0 Å². The first-order chi connectivity index (χ1) is 10.7. The van der Waals surface area contributed by atoms with E-state index in [2.05, 4.69) is 15.6 Å². The average molecular weight is 458 g/mol. The number of guanidine groups is 1. The van der Waals surface area contributed by atoms with Crippen molar-refractivity contribution < 1.29 is 18.0 Å². The maximum Gasteiger partial charge on any atom is 0.416 e. The Morgan fingerprint density at radius 2 is 1.92 bits per heavy atom. The summed E-state index contributed by atoms with van der Waals surface area (Å²) in [5, 5.41) is 5.85. The van der Waals surface area contributed by atoms with Gasteiger partial charge in [-0.25, -0.2) is 0 Å². The summed E-state index contributed by atoms with van der Waals surface area (Å²) in [5.41, 5.74) is -0.191. The molecule has 0 fully saturated rings. The fourth-order valence-corrected chi connectivity index (χ4v) is 1.78. The molecule has 0 aliphatic heterocycles. The number of aliphatic imine (C=N–C) groups is 1. The van der Waals surface area contributed by atoms with Crippen LogP contribution in [0.3, 0.4) is 0 Å². The van der Waals surface area contributed by atoms with E-state index in [1.807, 2.05) is 0 Å². The van der Waals surface area contributed by atoms with E-state index in [0.29, 0.717) is 24.5 Å². The van der Waals surface area contributed by atoms with Crippen molar-refractivity contribution in [2.45, 2.75) is 19.1 Å². The quantitative estimate of drug-likeness (QED) is 0.405. The Morgan fingerprint density at radius 3 is 2.46 bits per heavy atom. The van der Waals surface area contributed by atoms with Gasteiger partial charge in [0.1, 0.15) is 0 Å². The van der Waals surface area contributed by atoms with Crippen molar-refractivity contribution in [1.29, 1.82) is 0 Å². The van der Waals surface area contributed by atoms with Crippen molar-refractivity contribution in [2.75, 3.05) is 27.7 Å². The van der Waals surface area contributed by atoms with Crippen molar-refractivity contribution in [3.63, 3.8) is 0 Å². The normalized spacial score (nSPS) is 11.5. The van der Waals surface area contributed by atoms with Gasteiger partial charge in [0.05, 0.1) is 5.56 Å². The molecule has 136 valence electrons. The van der Waals surface area contributed by atoms with E-state index in [4.69, 9.17) is 0 Å². The lowest BCUT2D eigenvalue weighted by atomic mass is 10.1. The zero-order chi connectivity index (χ0) is 17.5. The molecule has 5 nitrogen and oxygen atoms in total. The molecule has 24 heavy (non-hydrogen) atoms. The van der Waals surface area contributed by atoms with Crippen LogP contribution in [0.15, 0.2) is 29.3 Å². The van der Waals surface area contributed by atoms with E-state index in [9.17, 15) is 18.0 Å². The van der Waals surface area contributed by atoms with Gasteiger partial charge in [-0.2, -0.15) is 13.2 Å². The smallest absolute Gasteiger partial charge is 0.356 e. The zero-order valence-corrected chi connectivity index (χ0v) is 16.1. The summed E-state index contributed by atoms with van der Waals surface area (Å²) < 4.78 is 37.9. The Balaban J connectivity index is 0.00000529. The molecule has 0 saturated heterocycles. The number of nitrogens with zero attached hydrogens (tertiary/aromatic N) is 2. The Labute approximate surface area is 156 Å². The summed E-state index contributed by atoms with van der Waals surface area (Å²) in [6, 6.07) is 5.09. The second kappa shape index (κ2) is 10.4. The third-order valence-corrected chi connectivity index (χ3v) is 3.07. The van der Waals surface area contributed by atoms with Crippen LogP contribution in [0.2, 0.25) is 0 Å². The minimum atomic E-state index is -4.36. The van der Waals surface area contributed by atoms with Gasteiger partial charge in [0.2, 0.25) is 5.91 Å². The first-order valence-electron chi connectivity index (χ1n) is 7.05. The first kappa shape index (κ1) is 22.5. The lowest BCUT2D eigenvalue weighted by Crippen LogP contribution is -2.38. The molecule has 0 aromatic heterocycles. The molecule has 1 amide bonds. The number of halogens is 4. The van der Waals surface area contributed by atoms with E-state index in [1.54, 1.807) is 27.2 Å². The number of hydrogen-bond donors (Lipinski definition) is 2. The molecule has 0 atom stereocenters. The molecule has 1 aromatic rings. The van der Waals surface area contributed by atoms with Gasteiger partial charge in [-0.05, 0) is 17.7 Å². The molecule has 0 aliphatic carbocycles. The highest BCUT2D eigenvalue weighted by Gasteiger charge is 2.30. The number of benzene rings is 1. The highest BCUT2D eigenvalue weighted by atomic mass is 127. The van der Waals surface area contributed by atoms with Crippen LogP contribution in [0.1, 0.15) is 17.5 Å².